The lowest BCUT2D eigenvalue weighted by Gasteiger charge is -2.37. The van der Waals surface area contributed by atoms with Crippen molar-refractivity contribution in [3.05, 3.63) is 36.4 Å². The van der Waals surface area contributed by atoms with Crippen LogP contribution in [0.25, 0.3) is 0 Å². The molecule has 0 atom stereocenters. The summed E-state index contributed by atoms with van der Waals surface area (Å²) in [5.74, 6) is 0.358. The molecule has 2 amide bonds. The number of anilines is 1. The molecule has 4 heterocycles. The maximum absolute atomic E-state index is 13.0. The second-order valence-corrected chi connectivity index (χ2v) is 6.72. The van der Waals surface area contributed by atoms with Crippen molar-refractivity contribution >= 4 is 17.5 Å². The highest BCUT2D eigenvalue weighted by molar-refractivity contribution is 6.00. The molecule has 8 nitrogen and oxygen atoms in total. The number of hydrogen-bond acceptors (Lipinski definition) is 6. The fourth-order valence-corrected chi connectivity index (χ4v) is 3.79. The highest BCUT2D eigenvalue weighted by atomic mass is 16.5. The summed E-state index contributed by atoms with van der Waals surface area (Å²) in [5, 5.41) is 3.67. The van der Waals surface area contributed by atoms with Gasteiger partial charge in [0.2, 0.25) is 11.7 Å². The fourth-order valence-electron chi connectivity index (χ4n) is 3.79. The van der Waals surface area contributed by atoms with E-state index in [0.29, 0.717) is 32.5 Å². The van der Waals surface area contributed by atoms with Crippen LogP contribution in [0, 0.1) is 5.41 Å². The summed E-state index contributed by atoms with van der Waals surface area (Å²) in [6.07, 6.45) is 5.52. The van der Waals surface area contributed by atoms with Crippen LogP contribution in [-0.2, 0) is 4.79 Å². The van der Waals surface area contributed by atoms with Gasteiger partial charge in [-0.2, -0.15) is 0 Å². The van der Waals surface area contributed by atoms with Gasteiger partial charge in [0, 0.05) is 25.8 Å². The molecule has 0 radical (unpaired) electrons. The first-order valence-corrected chi connectivity index (χ1v) is 8.65. The van der Waals surface area contributed by atoms with Crippen molar-refractivity contribution in [1.29, 1.82) is 0 Å². The van der Waals surface area contributed by atoms with E-state index in [-0.39, 0.29) is 28.9 Å². The van der Waals surface area contributed by atoms with Gasteiger partial charge in [-0.05, 0) is 36.6 Å². The minimum absolute atomic E-state index is 0.138. The van der Waals surface area contributed by atoms with Crippen molar-refractivity contribution in [2.75, 3.05) is 31.6 Å². The van der Waals surface area contributed by atoms with Crippen molar-refractivity contribution < 1.29 is 18.8 Å². The molecule has 0 N–H and O–H groups in total. The number of hydrogen-bond donors (Lipinski definition) is 0. The predicted molar refractivity (Wildman–Crippen MR) is 91.8 cm³/mol. The predicted octanol–water partition coefficient (Wildman–Crippen LogP) is 1.74. The Morgan fingerprint density at radius 1 is 1.27 bits per heavy atom. The number of methoxy groups -OCH3 is 1. The third-order valence-corrected chi connectivity index (χ3v) is 5.39. The fraction of sp³-hybridized carbons (Fsp3) is 0.444. The average molecular weight is 356 g/mol. The summed E-state index contributed by atoms with van der Waals surface area (Å²) in [5.41, 5.74) is 0.452. The molecule has 4 rings (SSSR count). The first-order valence-electron chi connectivity index (χ1n) is 8.65. The van der Waals surface area contributed by atoms with E-state index in [1.807, 2.05) is 17.0 Å². The van der Waals surface area contributed by atoms with Crippen LogP contribution in [0.15, 0.2) is 35.1 Å². The van der Waals surface area contributed by atoms with Crippen LogP contribution in [0.4, 0.5) is 5.69 Å². The van der Waals surface area contributed by atoms with Crippen LogP contribution in [0.1, 0.15) is 29.8 Å². The van der Waals surface area contributed by atoms with Crippen molar-refractivity contribution in [3.8, 4) is 5.88 Å². The lowest BCUT2D eigenvalue weighted by Crippen LogP contribution is -2.46. The normalized spacial score (nSPS) is 19.2. The molecule has 136 valence electrons. The Labute approximate surface area is 150 Å². The van der Waals surface area contributed by atoms with Crippen LogP contribution in [0.2, 0.25) is 0 Å². The maximum atomic E-state index is 13.0. The highest BCUT2D eigenvalue weighted by Crippen LogP contribution is 2.43. The topological polar surface area (TPSA) is 88.8 Å². The number of amides is 2. The van der Waals surface area contributed by atoms with Crippen molar-refractivity contribution in [2.24, 2.45) is 5.41 Å². The van der Waals surface area contributed by atoms with Crippen LogP contribution >= 0.6 is 0 Å². The summed E-state index contributed by atoms with van der Waals surface area (Å²) in [7, 11) is 1.47. The molecule has 0 aliphatic carbocycles. The first-order chi connectivity index (χ1) is 12.6. The van der Waals surface area contributed by atoms with E-state index >= 15 is 0 Å². The van der Waals surface area contributed by atoms with Gasteiger partial charge < -0.3 is 19.1 Å². The van der Waals surface area contributed by atoms with E-state index in [1.165, 1.54) is 13.2 Å². The van der Waals surface area contributed by atoms with Gasteiger partial charge in [-0.25, -0.2) is 0 Å². The monoisotopic (exact) mass is 356 g/mol. The Balaban J connectivity index is 1.43. The second kappa shape index (κ2) is 6.44. The standard InChI is InChI=1S/C18H20N4O4/c1-25-15-11-14(26-20-15)16(23)21-8-4-18(5-9-21)6-10-22(17(18)24)13-3-2-7-19-12-13/h2-3,7,11-12H,4-6,8-10H2,1H3. The second-order valence-electron chi connectivity index (χ2n) is 6.72. The summed E-state index contributed by atoms with van der Waals surface area (Å²) < 4.78 is 9.98. The van der Waals surface area contributed by atoms with E-state index < -0.39 is 0 Å². The lowest BCUT2D eigenvalue weighted by atomic mass is 9.77. The molecule has 0 unspecified atom stereocenters. The molecule has 0 bridgehead atoms. The highest BCUT2D eigenvalue weighted by Gasteiger charge is 2.49. The van der Waals surface area contributed by atoms with Crippen LogP contribution in [0.3, 0.4) is 0 Å². The quantitative estimate of drug-likeness (QED) is 0.832. The summed E-state index contributed by atoms with van der Waals surface area (Å²) in [4.78, 5) is 33.2. The third kappa shape index (κ3) is 2.71. The summed E-state index contributed by atoms with van der Waals surface area (Å²) in [6, 6.07) is 5.22. The Bertz CT molecular complexity index is 812. The molecule has 2 aromatic rings. The molecule has 26 heavy (non-hydrogen) atoms. The van der Waals surface area contributed by atoms with E-state index in [4.69, 9.17) is 9.26 Å². The molecule has 2 aromatic heterocycles. The van der Waals surface area contributed by atoms with Gasteiger partial charge in [0.15, 0.2) is 0 Å². The van der Waals surface area contributed by atoms with Crippen LogP contribution in [0.5, 0.6) is 5.88 Å². The largest absolute Gasteiger partial charge is 0.479 e. The summed E-state index contributed by atoms with van der Waals surface area (Å²) in [6.45, 7) is 1.74. The smallest absolute Gasteiger partial charge is 0.292 e. The molecule has 0 aromatic carbocycles. The molecule has 8 heteroatoms. The van der Waals surface area contributed by atoms with Gasteiger partial charge >= 0.3 is 0 Å². The Morgan fingerprint density at radius 3 is 2.69 bits per heavy atom. The molecule has 2 aliphatic rings. The van der Waals surface area contributed by atoms with Gasteiger partial charge in [-0.15, -0.1) is 0 Å². The minimum atomic E-state index is -0.383. The van der Waals surface area contributed by atoms with E-state index in [9.17, 15) is 9.59 Å². The molecule has 1 spiro atoms. The number of likely N-dealkylation sites (tertiary alicyclic amines) is 1. The van der Waals surface area contributed by atoms with E-state index in [2.05, 4.69) is 10.1 Å². The zero-order valence-electron chi connectivity index (χ0n) is 14.6. The number of aromatic nitrogens is 2. The number of rotatable bonds is 3. The number of carbonyl (C=O) groups excluding carboxylic acids is 2. The van der Waals surface area contributed by atoms with Gasteiger partial charge in [0.1, 0.15) is 0 Å². The maximum Gasteiger partial charge on any atom is 0.292 e. The third-order valence-electron chi connectivity index (χ3n) is 5.39. The minimum Gasteiger partial charge on any atom is -0.479 e. The van der Waals surface area contributed by atoms with Crippen LogP contribution in [-0.4, -0.2) is 53.6 Å². The Hall–Kier alpha value is -2.90. The zero-order chi connectivity index (χ0) is 18.1. The molecule has 2 fully saturated rings. The molecule has 0 saturated carbocycles. The first kappa shape index (κ1) is 16.6. The molecular formula is C18H20N4O4. The van der Waals surface area contributed by atoms with Crippen LogP contribution < -0.4 is 9.64 Å². The van der Waals surface area contributed by atoms with Crippen molar-refractivity contribution in [2.45, 2.75) is 19.3 Å². The summed E-state index contributed by atoms with van der Waals surface area (Å²) >= 11 is 0. The number of nitrogens with zero attached hydrogens (tertiary/aromatic N) is 4. The average Bonchev–Trinajstić information content (AvgIpc) is 3.29. The molecule has 2 saturated heterocycles. The van der Waals surface area contributed by atoms with Gasteiger partial charge in [-0.1, -0.05) is 0 Å². The van der Waals surface area contributed by atoms with Gasteiger partial charge in [0.05, 0.1) is 30.5 Å². The van der Waals surface area contributed by atoms with Crippen molar-refractivity contribution in [1.82, 2.24) is 15.0 Å². The number of carbonyl (C=O) groups is 2. The molecular weight excluding hydrogens is 336 g/mol. The van der Waals surface area contributed by atoms with Gasteiger partial charge in [-0.3, -0.25) is 14.6 Å². The van der Waals surface area contributed by atoms with E-state index in [0.717, 1.165) is 12.1 Å². The number of piperidine rings is 1. The SMILES string of the molecule is COc1cc(C(=O)N2CCC3(CC2)CCN(c2cccnc2)C3=O)on1. The van der Waals surface area contributed by atoms with Gasteiger partial charge in [0.25, 0.3) is 11.8 Å². The van der Waals surface area contributed by atoms with Crippen molar-refractivity contribution in [3.63, 3.8) is 0 Å². The number of ether oxygens (including phenoxy) is 1. The lowest BCUT2D eigenvalue weighted by molar-refractivity contribution is -0.127. The zero-order valence-corrected chi connectivity index (χ0v) is 14.6. The number of pyridine rings is 1. The molecule has 2 aliphatic heterocycles. The van der Waals surface area contributed by atoms with E-state index in [1.54, 1.807) is 17.3 Å². The Morgan fingerprint density at radius 2 is 2.04 bits per heavy atom. The Kier molecular flexibility index (Phi) is 4.10.